The van der Waals surface area contributed by atoms with Crippen LogP contribution in [0.3, 0.4) is 0 Å². The quantitative estimate of drug-likeness (QED) is 0.770. The van der Waals surface area contributed by atoms with Crippen molar-refractivity contribution < 1.29 is 4.42 Å². The molecule has 0 aliphatic carbocycles. The van der Waals surface area contributed by atoms with Gasteiger partial charge < -0.3 is 14.6 Å². The first-order chi connectivity index (χ1) is 11.6. The zero-order valence-corrected chi connectivity index (χ0v) is 14.5. The number of nitrogens with zero attached hydrogens (tertiary/aromatic N) is 3. The van der Waals surface area contributed by atoms with Gasteiger partial charge in [0.25, 0.3) is 6.01 Å². The van der Waals surface area contributed by atoms with Crippen molar-refractivity contribution in [3.8, 4) is 11.3 Å². The lowest BCUT2D eigenvalue weighted by Crippen LogP contribution is -2.50. The maximum atomic E-state index is 6.32. The van der Waals surface area contributed by atoms with Gasteiger partial charge in [-0.15, -0.1) is 0 Å². The summed E-state index contributed by atoms with van der Waals surface area (Å²) in [7, 11) is 0. The molecule has 24 heavy (non-hydrogen) atoms. The molecule has 0 unspecified atom stereocenters. The van der Waals surface area contributed by atoms with Crippen molar-refractivity contribution >= 4 is 28.7 Å². The van der Waals surface area contributed by atoms with Crippen molar-refractivity contribution in [2.45, 2.75) is 19.9 Å². The van der Waals surface area contributed by atoms with Crippen LogP contribution in [-0.2, 0) is 0 Å². The second-order valence-electron chi connectivity index (χ2n) is 6.21. The highest BCUT2D eigenvalue weighted by Gasteiger charge is 2.24. The van der Waals surface area contributed by atoms with Gasteiger partial charge in [0, 0.05) is 42.5 Å². The first kappa shape index (κ1) is 15.4. The molecule has 1 saturated heterocycles. The van der Waals surface area contributed by atoms with Gasteiger partial charge in [0.1, 0.15) is 5.52 Å². The monoisotopic (exact) mass is 342 g/mol. The summed E-state index contributed by atoms with van der Waals surface area (Å²) in [6.07, 6.45) is 1.78. The number of pyridine rings is 1. The number of fused-ring (bicyclic) bond motifs is 1. The Hall–Kier alpha value is -2.11. The standard InChI is InChI=1S/C18H19ClN4O/c1-11-4-3-5-21-16(11)14-8-13(19)9-15-17(14)24-18(22-15)23-7-6-20-10-12(23)2/h3-5,8-9,12,20H,6-7,10H2,1-2H3/t12-/m0/s1. The van der Waals surface area contributed by atoms with Crippen molar-refractivity contribution in [3.63, 3.8) is 0 Å². The number of rotatable bonds is 2. The van der Waals surface area contributed by atoms with E-state index in [1.165, 1.54) is 0 Å². The Morgan fingerprint density at radius 2 is 2.25 bits per heavy atom. The SMILES string of the molecule is Cc1cccnc1-c1cc(Cl)cc2nc(N3CCNC[C@@H]3C)oc12. The Kier molecular flexibility index (Phi) is 3.90. The summed E-state index contributed by atoms with van der Waals surface area (Å²) in [5, 5.41) is 4.01. The average molecular weight is 343 g/mol. The summed E-state index contributed by atoms with van der Waals surface area (Å²) in [5.74, 6) is 0. The van der Waals surface area contributed by atoms with Gasteiger partial charge in [-0.05, 0) is 37.6 Å². The van der Waals surface area contributed by atoms with Crippen molar-refractivity contribution in [1.29, 1.82) is 0 Å². The zero-order valence-electron chi connectivity index (χ0n) is 13.7. The van der Waals surface area contributed by atoms with Crippen LogP contribution in [0.15, 0.2) is 34.9 Å². The Labute approximate surface area is 145 Å². The second-order valence-corrected chi connectivity index (χ2v) is 6.65. The van der Waals surface area contributed by atoms with Crippen LogP contribution < -0.4 is 10.2 Å². The van der Waals surface area contributed by atoms with Crippen molar-refractivity contribution in [2.75, 3.05) is 24.5 Å². The lowest BCUT2D eigenvalue weighted by Gasteiger charge is -2.32. The van der Waals surface area contributed by atoms with Crippen LogP contribution in [0.4, 0.5) is 6.01 Å². The lowest BCUT2D eigenvalue weighted by molar-refractivity contribution is 0.456. The number of nitrogens with one attached hydrogen (secondary N) is 1. The van der Waals surface area contributed by atoms with Crippen LogP contribution in [0, 0.1) is 6.92 Å². The highest BCUT2D eigenvalue weighted by Crippen LogP contribution is 2.35. The molecular formula is C18H19ClN4O. The topological polar surface area (TPSA) is 54.2 Å². The molecule has 3 heterocycles. The van der Waals surface area contributed by atoms with E-state index < -0.39 is 0 Å². The zero-order chi connectivity index (χ0) is 16.7. The largest absolute Gasteiger partial charge is 0.423 e. The fraction of sp³-hybridized carbons (Fsp3) is 0.333. The van der Waals surface area contributed by atoms with E-state index in [1.54, 1.807) is 6.20 Å². The van der Waals surface area contributed by atoms with Crippen LogP contribution in [0.5, 0.6) is 0 Å². The number of benzene rings is 1. The Balaban J connectivity index is 1.88. The van der Waals surface area contributed by atoms with Crippen LogP contribution in [-0.4, -0.2) is 35.6 Å². The smallest absolute Gasteiger partial charge is 0.298 e. The first-order valence-electron chi connectivity index (χ1n) is 8.13. The van der Waals surface area contributed by atoms with Gasteiger partial charge in [0.05, 0.1) is 5.69 Å². The number of aryl methyl sites for hydroxylation is 1. The molecule has 1 atom stereocenters. The third kappa shape index (κ3) is 2.64. The Morgan fingerprint density at radius 3 is 3.04 bits per heavy atom. The summed E-state index contributed by atoms with van der Waals surface area (Å²) in [5.41, 5.74) is 4.35. The number of anilines is 1. The summed E-state index contributed by atoms with van der Waals surface area (Å²) in [4.78, 5) is 11.4. The molecule has 3 aromatic rings. The number of hydrogen-bond donors (Lipinski definition) is 1. The van der Waals surface area contributed by atoms with E-state index >= 15 is 0 Å². The normalized spacial score (nSPS) is 18.3. The van der Waals surface area contributed by atoms with Crippen LogP contribution in [0.25, 0.3) is 22.4 Å². The van der Waals surface area contributed by atoms with Gasteiger partial charge >= 0.3 is 0 Å². The van der Waals surface area contributed by atoms with Gasteiger partial charge in [-0.1, -0.05) is 17.7 Å². The number of aromatic nitrogens is 2. The molecular weight excluding hydrogens is 324 g/mol. The molecule has 4 rings (SSSR count). The number of hydrogen-bond acceptors (Lipinski definition) is 5. The minimum absolute atomic E-state index is 0.335. The van der Waals surface area contributed by atoms with Crippen molar-refractivity contribution in [1.82, 2.24) is 15.3 Å². The molecule has 0 amide bonds. The maximum Gasteiger partial charge on any atom is 0.298 e. The third-order valence-corrected chi connectivity index (χ3v) is 4.67. The van der Waals surface area contributed by atoms with Crippen LogP contribution in [0.2, 0.25) is 5.02 Å². The van der Waals surface area contributed by atoms with Gasteiger partial charge in [-0.3, -0.25) is 4.98 Å². The van der Waals surface area contributed by atoms with E-state index in [1.807, 2.05) is 31.2 Å². The highest BCUT2D eigenvalue weighted by atomic mass is 35.5. The molecule has 2 aromatic heterocycles. The molecule has 0 saturated carbocycles. The lowest BCUT2D eigenvalue weighted by atomic mass is 10.1. The predicted octanol–water partition coefficient (Wildman–Crippen LogP) is 3.65. The predicted molar refractivity (Wildman–Crippen MR) is 96.7 cm³/mol. The number of halogens is 1. The molecule has 1 N–H and O–H groups in total. The van der Waals surface area contributed by atoms with Crippen molar-refractivity contribution in [3.05, 3.63) is 41.0 Å². The average Bonchev–Trinajstić information content (AvgIpc) is 2.98. The van der Waals surface area contributed by atoms with Gasteiger partial charge in [-0.2, -0.15) is 4.98 Å². The minimum Gasteiger partial charge on any atom is -0.423 e. The van der Waals surface area contributed by atoms with Crippen molar-refractivity contribution in [2.24, 2.45) is 0 Å². The van der Waals surface area contributed by atoms with Crippen LogP contribution >= 0.6 is 11.6 Å². The molecule has 5 nitrogen and oxygen atoms in total. The van der Waals surface area contributed by atoms with Gasteiger partial charge in [0.15, 0.2) is 5.58 Å². The summed E-state index contributed by atoms with van der Waals surface area (Å²) in [6, 6.07) is 8.69. The highest BCUT2D eigenvalue weighted by molar-refractivity contribution is 6.31. The molecule has 1 fully saturated rings. The molecule has 6 heteroatoms. The summed E-state index contributed by atoms with van der Waals surface area (Å²) < 4.78 is 6.16. The molecule has 1 aromatic carbocycles. The molecule has 1 aliphatic heterocycles. The molecule has 0 bridgehead atoms. The third-order valence-electron chi connectivity index (χ3n) is 4.46. The van der Waals surface area contributed by atoms with Gasteiger partial charge in [0.2, 0.25) is 0 Å². The summed E-state index contributed by atoms with van der Waals surface area (Å²) >= 11 is 6.32. The second kappa shape index (κ2) is 6.07. The molecule has 1 aliphatic rings. The fourth-order valence-electron chi connectivity index (χ4n) is 3.18. The Morgan fingerprint density at radius 1 is 1.38 bits per heavy atom. The minimum atomic E-state index is 0.335. The fourth-order valence-corrected chi connectivity index (χ4v) is 3.39. The summed E-state index contributed by atoms with van der Waals surface area (Å²) in [6.45, 7) is 6.92. The van der Waals surface area contributed by atoms with Crippen LogP contribution in [0.1, 0.15) is 12.5 Å². The number of piperazine rings is 1. The molecule has 0 spiro atoms. The van der Waals surface area contributed by atoms with E-state index in [0.29, 0.717) is 17.1 Å². The maximum absolute atomic E-state index is 6.32. The first-order valence-corrected chi connectivity index (χ1v) is 8.50. The van der Waals surface area contributed by atoms with E-state index in [2.05, 4.69) is 27.1 Å². The van der Waals surface area contributed by atoms with E-state index in [-0.39, 0.29) is 0 Å². The van der Waals surface area contributed by atoms with E-state index in [0.717, 1.165) is 47.6 Å². The van der Waals surface area contributed by atoms with E-state index in [4.69, 9.17) is 16.0 Å². The van der Waals surface area contributed by atoms with Gasteiger partial charge in [-0.25, -0.2) is 0 Å². The molecule has 0 radical (unpaired) electrons. The Bertz CT molecular complexity index is 892. The number of oxazole rings is 1. The van der Waals surface area contributed by atoms with E-state index in [9.17, 15) is 0 Å². The molecule has 124 valence electrons.